The lowest BCUT2D eigenvalue weighted by molar-refractivity contribution is -0.148. The molecule has 0 bridgehead atoms. The zero-order valence-corrected chi connectivity index (χ0v) is 17.7. The Hall–Kier alpha value is -0.0500. The summed E-state index contributed by atoms with van der Waals surface area (Å²) in [5.41, 5.74) is 0. The first-order valence-corrected chi connectivity index (χ1v) is 11.3. The van der Waals surface area contributed by atoms with Gasteiger partial charge in [0.25, 0.3) is 0 Å². The molecule has 3 heteroatoms. The first-order valence-electron chi connectivity index (χ1n) is 10.8. The van der Waals surface area contributed by atoms with Crippen LogP contribution in [0.2, 0.25) is 0 Å². The molecule has 0 atom stereocenters. The SMILES string of the molecule is CCCCCOC(CCCCCCC/C=C\CCCl)OCCCCC. The number of hydrogen-bond donors (Lipinski definition) is 0. The summed E-state index contributed by atoms with van der Waals surface area (Å²) in [7, 11) is 0. The van der Waals surface area contributed by atoms with Crippen molar-refractivity contribution in [3.63, 3.8) is 0 Å². The zero-order valence-electron chi connectivity index (χ0n) is 16.9. The summed E-state index contributed by atoms with van der Waals surface area (Å²) < 4.78 is 11.9. The third-order valence-electron chi connectivity index (χ3n) is 4.36. The first kappa shape index (κ1) is 24.9. The molecule has 0 amide bonds. The van der Waals surface area contributed by atoms with Crippen LogP contribution in [0.1, 0.15) is 104 Å². The van der Waals surface area contributed by atoms with Crippen LogP contribution in [0.3, 0.4) is 0 Å². The molecule has 0 aromatic heterocycles. The molecular formula is C22H43ClO2. The summed E-state index contributed by atoms with van der Waals surface area (Å²) >= 11 is 5.65. The second-order valence-electron chi connectivity index (χ2n) is 6.88. The molecule has 0 unspecified atom stereocenters. The van der Waals surface area contributed by atoms with E-state index in [2.05, 4.69) is 26.0 Å². The van der Waals surface area contributed by atoms with Crippen molar-refractivity contribution >= 4 is 11.6 Å². The molecule has 0 N–H and O–H groups in total. The molecule has 0 saturated heterocycles. The topological polar surface area (TPSA) is 18.5 Å². The lowest BCUT2D eigenvalue weighted by atomic mass is 10.1. The van der Waals surface area contributed by atoms with Crippen molar-refractivity contribution in [3.05, 3.63) is 12.2 Å². The molecule has 0 aliphatic carbocycles. The molecule has 0 aliphatic rings. The van der Waals surface area contributed by atoms with Gasteiger partial charge < -0.3 is 9.47 Å². The van der Waals surface area contributed by atoms with E-state index >= 15 is 0 Å². The van der Waals surface area contributed by atoms with Gasteiger partial charge in [0.1, 0.15) is 0 Å². The molecule has 0 saturated carbocycles. The Kier molecular flexibility index (Phi) is 21.9. The summed E-state index contributed by atoms with van der Waals surface area (Å²) in [5.74, 6) is 0.735. The van der Waals surface area contributed by atoms with E-state index in [-0.39, 0.29) is 6.29 Å². The maximum absolute atomic E-state index is 5.96. The maximum atomic E-state index is 5.96. The Morgan fingerprint density at radius 1 is 0.680 bits per heavy atom. The smallest absolute Gasteiger partial charge is 0.157 e. The van der Waals surface area contributed by atoms with Crippen LogP contribution in [0.25, 0.3) is 0 Å². The summed E-state index contributed by atoms with van der Waals surface area (Å²) in [5, 5.41) is 0. The number of rotatable bonds is 20. The van der Waals surface area contributed by atoms with Crippen LogP contribution in [-0.2, 0) is 9.47 Å². The highest BCUT2D eigenvalue weighted by Gasteiger charge is 2.09. The van der Waals surface area contributed by atoms with E-state index in [9.17, 15) is 0 Å². The van der Waals surface area contributed by atoms with Crippen molar-refractivity contribution in [2.24, 2.45) is 0 Å². The average Bonchev–Trinajstić information content (AvgIpc) is 2.63. The molecule has 0 fully saturated rings. The Morgan fingerprint density at radius 3 is 1.84 bits per heavy atom. The van der Waals surface area contributed by atoms with Crippen molar-refractivity contribution in [2.45, 2.75) is 110 Å². The van der Waals surface area contributed by atoms with Gasteiger partial charge in [0.05, 0.1) is 0 Å². The molecule has 0 radical (unpaired) electrons. The van der Waals surface area contributed by atoms with Gasteiger partial charge >= 0.3 is 0 Å². The molecule has 0 aromatic rings. The van der Waals surface area contributed by atoms with Crippen LogP contribution in [-0.4, -0.2) is 25.4 Å². The highest BCUT2D eigenvalue weighted by molar-refractivity contribution is 6.17. The van der Waals surface area contributed by atoms with Crippen LogP contribution in [0.5, 0.6) is 0 Å². The van der Waals surface area contributed by atoms with Crippen molar-refractivity contribution in [1.82, 2.24) is 0 Å². The van der Waals surface area contributed by atoms with Crippen LogP contribution >= 0.6 is 11.6 Å². The van der Waals surface area contributed by atoms with Gasteiger partial charge in [0.15, 0.2) is 6.29 Å². The van der Waals surface area contributed by atoms with Crippen LogP contribution in [0.4, 0.5) is 0 Å². The van der Waals surface area contributed by atoms with Crippen molar-refractivity contribution in [3.8, 4) is 0 Å². The quantitative estimate of drug-likeness (QED) is 0.0942. The first-order chi connectivity index (χ1) is 12.3. The van der Waals surface area contributed by atoms with Gasteiger partial charge in [0, 0.05) is 19.1 Å². The predicted octanol–water partition coefficient (Wildman–Crippen LogP) is 7.64. The minimum atomic E-state index is 0.0206. The minimum absolute atomic E-state index is 0.0206. The van der Waals surface area contributed by atoms with Gasteiger partial charge in [-0.15, -0.1) is 11.6 Å². The highest BCUT2D eigenvalue weighted by Crippen LogP contribution is 2.13. The Morgan fingerprint density at radius 2 is 1.24 bits per heavy atom. The van der Waals surface area contributed by atoms with Crippen LogP contribution in [0, 0.1) is 0 Å². The molecule has 2 nitrogen and oxygen atoms in total. The number of halogens is 1. The second kappa shape index (κ2) is 22.0. The van der Waals surface area contributed by atoms with Gasteiger partial charge in [-0.25, -0.2) is 0 Å². The van der Waals surface area contributed by atoms with Crippen molar-refractivity contribution in [1.29, 1.82) is 0 Å². The van der Waals surface area contributed by atoms with E-state index < -0.39 is 0 Å². The van der Waals surface area contributed by atoms with E-state index in [1.54, 1.807) is 0 Å². The third kappa shape index (κ3) is 20.1. The standard InChI is InChI=1S/C22H43ClO2/c1-3-5-16-20-24-22(25-21-17-6-4-2)18-14-12-10-8-7-9-11-13-15-19-23/h11,13,22H,3-10,12,14-21H2,1-2H3/b13-11-. The molecule has 0 aliphatic heterocycles. The fourth-order valence-corrected chi connectivity index (χ4v) is 2.88. The van der Waals surface area contributed by atoms with Gasteiger partial charge in [-0.2, -0.15) is 0 Å². The van der Waals surface area contributed by atoms with E-state index in [4.69, 9.17) is 21.1 Å². The molecule has 150 valence electrons. The number of alkyl halides is 1. The summed E-state index contributed by atoms with van der Waals surface area (Å²) in [6, 6.07) is 0. The molecular weight excluding hydrogens is 332 g/mol. The van der Waals surface area contributed by atoms with Gasteiger partial charge in [-0.05, 0) is 44.9 Å². The van der Waals surface area contributed by atoms with Gasteiger partial charge in [0.2, 0.25) is 0 Å². The maximum Gasteiger partial charge on any atom is 0.157 e. The zero-order chi connectivity index (χ0) is 18.4. The van der Waals surface area contributed by atoms with Gasteiger partial charge in [-0.1, -0.05) is 70.9 Å². The number of ether oxygens (including phenoxy) is 2. The van der Waals surface area contributed by atoms with E-state index in [1.807, 2.05) is 0 Å². The lowest BCUT2D eigenvalue weighted by Crippen LogP contribution is -2.19. The summed E-state index contributed by atoms with van der Waals surface area (Å²) in [4.78, 5) is 0. The fourth-order valence-electron chi connectivity index (χ4n) is 2.75. The van der Waals surface area contributed by atoms with E-state index in [0.29, 0.717) is 0 Å². The normalized spacial score (nSPS) is 11.8. The number of hydrogen-bond acceptors (Lipinski definition) is 2. The molecule has 25 heavy (non-hydrogen) atoms. The Labute approximate surface area is 162 Å². The van der Waals surface area contributed by atoms with Gasteiger partial charge in [-0.3, -0.25) is 0 Å². The van der Waals surface area contributed by atoms with Crippen molar-refractivity contribution in [2.75, 3.05) is 19.1 Å². The third-order valence-corrected chi connectivity index (χ3v) is 4.57. The van der Waals surface area contributed by atoms with Crippen LogP contribution < -0.4 is 0 Å². The molecule has 0 rings (SSSR count). The van der Waals surface area contributed by atoms with E-state index in [1.165, 1.54) is 64.2 Å². The Bertz CT molecular complexity index is 257. The number of allylic oxidation sites excluding steroid dienone is 2. The minimum Gasteiger partial charge on any atom is -0.353 e. The number of unbranched alkanes of at least 4 members (excludes halogenated alkanes) is 9. The van der Waals surface area contributed by atoms with E-state index in [0.717, 1.165) is 44.8 Å². The molecule has 0 spiro atoms. The monoisotopic (exact) mass is 374 g/mol. The van der Waals surface area contributed by atoms with Crippen molar-refractivity contribution < 1.29 is 9.47 Å². The average molecular weight is 375 g/mol. The molecule has 0 heterocycles. The largest absolute Gasteiger partial charge is 0.353 e. The fraction of sp³-hybridized carbons (Fsp3) is 0.909. The summed E-state index contributed by atoms with van der Waals surface area (Å²) in [6.45, 7) is 6.15. The van der Waals surface area contributed by atoms with Crippen LogP contribution in [0.15, 0.2) is 12.2 Å². The predicted molar refractivity (Wildman–Crippen MR) is 112 cm³/mol. The molecule has 0 aromatic carbocycles. The Balaban J connectivity index is 3.66. The summed E-state index contributed by atoms with van der Waals surface area (Å²) in [6.07, 6.45) is 21.5. The highest BCUT2D eigenvalue weighted by atomic mass is 35.5. The second-order valence-corrected chi connectivity index (χ2v) is 7.26. The lowest BCUT2D eigenvalue weighted by Gasteiger charge is -2.18.